The Morgan fingerprint density at radius 2 is 2.23 bits per heavy atom. The third-order valence-electron chi connectivity index (χ3n) is 1.76. The summed E-state index contributed by atoms with van der Waals surface area (Å²) >= 11 is 0. The van der Waals surface area contributed by atoms with Crippen molar-refractivity contribution in [3.63, 3.8) is 0 Å². The van der Waals surface area contributed by atoms with Crippen molar-refractivity contribution in [3.8, 4) is 5.75 Å². The van der Waals surface area contributed by atoms with Crippen molar-refractivity contribution < 1.29 is 9.53 Å². The first kappa shape index (κ1) is 9.38. The molecule has 1 rings (SSSR count). The maximum atomic E-state index is 10.9. The van der Waals surface area contributed by atoms with Gasteiger partial charge in [0.25, 0.3) is 5.91 Å². The molecule has 3 N–H and O–H groups in total. The second kappa shape index (κ2) is 3.80. The number of hydrogen-bond donors (Lipinski definition) is 2. The van der Waals surface area contributed by atoms with Gasteiger partial charge in [-0.3, -0.25) is 4.79 Å². The standard InChI is InChI=1S/C9H12N2O2/c1-11-8-5-6(13-2)3-4-7(8)9(10)12/h3-5,11H,1-2H3,(H2,10,12). The number of carbonyl (C=O) groups excluding carboxylic acids is 1. The first-order valence-corrected chi connectivity index (χ1v) is 3.84. The number of nitrogens with two attached hydrogens (primary N) is 1. The average Bonchev–Trinajstić information content (AvgIpc) is 2.16. The SMILES string of the molecule is CNc1cc(OC)ccc1C(N)=O. The number of hydrogen-bond acceptors (Lipinski definition) is 3. The van der Waals surface area contributed by atoms with Crippen LogP contribution >= 0.6 is 0 Å². The fraction of sp³-hybridized carbons (Fsp3) is 0.222. The zero-order valence-electron chi connectivity index (χ0n) is 7.63. The monoisotopic (exact) mass is 180 g/mol. The van der Waals surface area contributed by atoms with Crippen molar-refractivity contribution >= 4 is 11.6 Å². The number of amides is 1. The minimum absolute atomic E-state index is 0.452. The van der Waals surface area contributed by atoms with E-state index in [9.17, 15) is 4.79 Å². The third kappa shape index (κ3) is 1.90. The highest BCUT2D eigenvalue weighted by atomic mass is 16.5. The molecule has 0 spiro atoms. The summed E-state index contributed by atoms with van der Waals surface area (Å²) in [5.74, 6) is 0.237. The van der Waals surface area contributed by atoms with Crippen LogP contribution in [0.1, 0.15) is 10.4 Å². The molecule has 0 aromatic heterocycles. The van der Waals surface area contributed by atoms with Crippen molar-refractivity contribution in [2.75, 3.05) is 19.5 Å². The van der Waals surface area contributed by atoms with E-state index in [1.54, 1.807) is 32.4 Å². The molecule has 1 aromatic carbocycles. The molecule has 13 heavy (non-hydrogen) atoms. The van der Waals surface area contributed by atoms with E-state index >= 15 is 0 Å². The van der Waals surface area contributed by atoms with Crippen LogP contribution in [0.15, 0.2) is 18.2 Å². The number of carbonyl (C=O) groups is 1. The van der Waals surface area contributed by atoms with Crippen molar-refractivity contribution in [2.45, 2.75) is 0 Å². The number of primary amides is 1. The number of rotatable bonds is 3. The second-order valence-electron chi connectivity index (χ2n) is 2.53. The summed E-state index contributed by atoms with van der Waals surface area (Å²) in [6.07, 6.45) is 0. The molecule has 0 unspecified atom stereocenters. The van der Waals surface area contributed by atoms with Crippen LogP contribution in [0.4, 0.5) is 5.69 Å². The molecule has 0 aliphatic heterocycles. The Morgan fingerprint density at radius 3 is 2.69 bits per heavy atom. The Hall–Kier alpha value is -1.71. The normalized spacial score (nSPS) is 9.38. The van der Waals surface area contributed by atoms with Crippen molar-refractivity contribution in [3.05, 3.63) is 23.8 Å². The smallest absolute Gasteiger partial charge is 0.250 e. The fourth-order valence-corrected chi connectivity index (χ4v) is 1.07. The van der Waals surface area contributed by atoms with Gasteiger partial charge in [0.1, 0.15) is 5.75 Å². The van der Waals surface area contributed by atoms with E-state index in [0.717, 1.165) is 0 Å². The quantitative estimate of drug-likeness (QED) is 0.724. The average molecular weight is 180 g/mol. The van der Waals surface area contributed by atoms with Gasteiger partial charge in [0, 0.05) is 13.1 Å². The predicted molar refractivity (Wildman–Crippen MR) is 51.1 cm³/mol. The first-order chi connectivity index (χ1) is 6.19. The van der Waals surface area contributed by atoms with Crippen molar-refractivity contribution in [1.82, 2.24) is 0 Å². The minimum Gasteiger partial charge on any atom is -0.497 e. The van der Waals surface area contributed by atoms with Crippen LogP contribution in [-0.2, 0) is 0 Å². The molecule has 1 amide bonds. The van der Waals surface area contributed by atoms with E-state index in [1.807, 2.05) is 0 Å². The molecular weight excluding hydrogens is 168 g/mol. The molecule has 0 heterocycles. The van der Waals surface area contributed by atoms with Gasteiger partial charge in [0.2, 0.25) is 0 Å². The molecular formula is C9H12N2O2. The van der Waals surface area contributed by atoms with Crippen LogP contribution in [0.3, 0.4) is 0 Å². The lowest BCUT2D eigenvalue weighted by atomic mass is 10.1. The summed E-state index contributed by atoms with van der Waals surface area (Å²) in [7, 11) is 3.29. The molecule has 0 atom stereocenters. The summed E-state index contributed by atoms with van der Waals surface area (Å²) in [4.78, 5) is 10.9. The topological polar surface area (TPSA) is 64.3 Å². The first-order valence-electron chi connectivity index (χ1n) is 3.84. The van der Waals surface area contributed by atoms with Crippen LogP contribution in [0.25, 0.3) is 0 Å². The van der Waals surface area contributed by atoms with Gasteiger partial charge in [-0.1, -0.05) is 0 Å². The van der Waals surface area contributed by atoms with Gasteiger partial charge in [-0.15, -0.1) is 0 Å². The molecule has 0 fully saturated rings. The van der Waals surface area contributed by atoms with E-state index in [-0.39, 0.29) is 0 Å². The zero-order valence-corrected chi connectivity index (χ0v) is 7.63. The maximum Gasteiger partial charge on any atom is 0.250 e. The molecule has 70 valence electrons. The molecule has 4 nitrogen and oxygen atoms in total. The molecule has 0 aliphatic carbocycles. The summed E-state index contributed by atoms with van der Waals surface area (Å²) < 4.78 is 5.00. The molecule has 0 saturated carbocycles. The minimum atomic E-state index is -0.452. The van der Waals surface area contributed by atoms with Crippen molar-refractivity contribution in [2.24, 2.45) is 5.73 Å². The van der Waals surface area contributed by atoms with Crippen LogP contribution in [-0.4, -0.2) is 20.1 Å². The van der Waals surface area contributed by atoms with Crippen LogP contribution in [0.2, 0.25) is 0 Å². The summed E-state index contributed by atoms with van der Waals surface area (Å²) in [6.45, 7) is 0. The molecule has 0 bridgehead atoms. The van der Waals surface area contributed by atoms with Gasteiger partial charge in [-0.25, -0.2) is 0 Å². The lowest BCUT2D eigenvalue weighted by Crippen LogP contribution is -2.13. The van der Waals surface area contributed by atoms with E-state index < -0.39 is 5.91 Å². The number of ether oxygens (including phenoxy) is 1. The predicted octanol–water partition coefficient (Wildman–Crippen LogP) is 0.836. The number of anilines is 1. The Morgan fingerprint density at radius 1 is 1.54 bits per heavy atom. The Kier molecular flexibility index (Phi) is 2.74. The van der Waals surface area contributed by atoms with Crippen LogP contribution in [0.5, 0.6) is 5.75 Å². The highest BCUT2D eigenvalue weighted by Gasteiger charge is 2.07. The molecule has 4 heteroatoms. The maximum absolute atomic E-state index is 10.9. The molecule has 0 radical (unpaired) electrons. The largest absolute Gasteiger partial charge is 0.497 e. The summed E-state index contributed by atoms with van der Waals surface area (Å²) in [5.41, 5.74) is 6.30. The second-order valence-corrected chi connectivity index (χ2v) is 2.53. The number of nitrogens with one attached hydrogen (secondary N) is 1. The molecule has 1 aromatic rings. The Balaban J connectivity index is 3.15. The van der Waals surface area contributed by atoms with Gasteiger partial charge < -0.3 is 15.8 Å². The Bertz CT molecular complexity index is 323. The Labute approximate surface area is 76.7 Å². The molecule has 0 aliphatic rings. The fourth-order valence-electron chi connectivity index (χ4n) is 1.07. The number of benzene rings is 1. The third-order valence-corrected chi connectivity index (χ3v) is 1.76. The highest BCUT2D eigenvalue weighted by molar-refractivity contribution is 5.98. The van der Waals surface area contributed by atoms with E-state index in [2.05, 4.69) is 5.32 Å². The van der Waals surface area contributed by atoms with Gasteiger partial charge in [-0.05, 0) is 12.1 Å². The van der Waals surface area contributed by atoms with E-state index in [0.29, 0.717) is 17.0 Å². The van der Waals surface area contributed by atoms with Crippen LogP contribution < -0.4 is 15.8 Å². The van der Waals surface area contributed by atoms with Gasteiger partial charge in [0.05, 0.1) is 18.4 Å². The van der Waals surface area contributed by atoms with E-state index in [1.165, 1.54) is 0 Å². The lowest BCUT2D eigenvalue weighted by molar-refractivity contribution is 0.100. The highest BCUT2D eigenvalue weighted by Crippen LogP contribution is 2.21. The zero-order chi connectivity index (χ0) is 9.84. The van der Waals surface area contributed by atoms with Gasteiger partial charge in [-0.2, -0.15) is 0 Å². The lowest BCUT2D eigenvalue weighted by Gasteiger charge is -2.07. The van der Waals surface area contributed by atoms with Crippen molar-refractivity contribution in [1.29, 1.82) is 0 Å². The summed E-state index contributed by atoms with van der Waals surface area (Å²) in [5, 5.41) is 2.87. The van der Waals surface area contributed by atoms with Gasteiger partial charge in [0.15, 0.2) is 0 Å². The van der Waals surface area contributed by atoms with Crippen LogP contribution in [0, 0.1) is 0 Å². The molecule has 0 saturated heterocycles. The van der Waals surface area contributed by atoms with Gasteiger partial charge >= 0.3 is 0 Å². The number of methoxy groups -OCH3 is 1. The van der Waals surface area contributed by atoms with E-state index in [4.69, 9.17) is 10.5 Å². The summed E-state index contributed by atoms with van der Waals surface area (Å²) in [6, 6.07) is 5.05.